The Labute approximate surface area is 102 Å². The van der Waals surface area contributed by atoms with Crippen LogP contribution < -0.4 is 5.32 Å². The summed E-state index contributed by atoms with van der Waals surface area (Å²) < 4.78 is 5.45. The van der Waals surface area contributed by atoms with Gasteiger partial charge in [0.1, 0.15) is 0 Å². The zero-order chi connectivity index (χ0) is 11.4. The van der Waals surface area contributed by atoms with Gasteiger partial charge in [-0.15, -0.1) is 0 Å². The topological polar surface area (TPSA) is 21.3 Å². The van der Waals surface area contributed by atoms with Gasteiger partial charge in [-0.1, -0.05) is 17.7 Å². The fourth-order valence-electron chi connectivity index (χ4n) is 1.93. The normalized spacial score (nSPS) is 20.8. The molecule has 0 amide bonds. The van der Waals surface area contributed by atoms with Crippen LogP contribution in [0.1, 0.15) is 18.4 Å². The van der Waals surface area contributed by atoms with E-state index in [1.54, 1.807) is 0 Å². The molecule has 0 spiro atoms. The average Bonchev–Trinajstić information content (AvgIpc) is 2.32. The Morgan fingerprint density at radius 1 is 1.50 bits per heavy atom. The molecule has 1 heterocycles. The molecule has 1 saturated heterocycles. The van der Waals surface area contributed by atoms with E-state index in [-0.39, 0.29) is 0 Å². The number of benzene rings is 1. The molecule has 2 rings (SSSR count). The molecular weight excluding hydrogens is 222 g/mol. The molecule has 1 fully saturated rings. The van der Waals surface area contributed by atoms with Crippen molar-refractivity contribution in [3.8, 4) is 0 Å². The second-order valence-corrected chi connectivity index (χ2v) is 4.84. The summed E-state index contributed by atoms with van der Waals surface area (Å²) in [7, 11) is 0. The summed E-state index contributed by atoms with van der Waals surface area (Å²) in [6, 6.07) is 6.10. The highest BCUT2D eigenvalue weighted by Gasteiger charge is 2.13. The Morgan fingerprint density at radius 3 is 3.06 bits per heavy atom. The molecule has 16 heavy (non-hydrogen) atoms. The first-order valence-corrected chi connectivity index (χ1v) is 6.21. The van der Waals surface area contributed by atoms with E-state index in [1.165, 1.54) is 12.8 Å². The van der Waals surface area contributed by atoms with Crippen molar-refractivity contribution in [3.05, 3.63) is 28.8 Å². The van der Waals surface area contributed by atoms with Gasteiger partial charge in [0.05, 0.1) is 6.61 Å². The van der Waals surface area contributed by atoms with Crippen molar-refractivity contribution in [2.75, 3.05) is 25.1 Å². The number of anilines is 1. The third-order valence-corrected chi connectivity index (χ3v) is 3.43. The smallest absolute Gasteiger partial charge is 0.0511 e. The fourth-order valence-corrected chi connectivity index (χ4v) is 2.11. The molecule has 0 radical (unpaired) electrons. The van der Waals surface area contributed by atoms with Crippen LogP contribution in [0, 0.1) is 12.8 Å². The molecule has 1 unspecified atom stereocenters. The molecule has 1 aliphatic heterocycles. The number of hydrogen-bond acceptors (Lipinski definition) is 2. The first-order valence-electron chi connectivity index (χ1n) is 5.83. The van der Waals surface area contributed by atoms with Crippen molar-refractivity contribution in [1.29, 1.82) is 0 Å². The number of rotatable bonds is 3. The Balaban J connectivity index is 1.86. The number of nitrogens with one attached hydrogen (secondary N) is 1. The van der Waals surface area contributed by atoms with Crippen molar-refractivity contribution in [1.82, 2.24) is 0 Å². The molecule has 3 heteroatoms. The van der Waals surface area contributed by atoms with Crippen LogP contribution in [0.2, 0.25) is 5.02 Å². The van der Waals surface area contributed by atoms with Crippen LogP contribution >= 0.6 is 11.6 Å². The maximum Gasteiger partial charge on any atom is 0.0511 e. The van der Waals surface area contributed by atoms with Gasteiger partial charge in [0.15, 0.2) is 0 Å². The molecule has 0 saturated carbocycles. The highest BCUT2D eigenvalue weighted by Crippen LogP contribution is 2.21. The average molecular weight is 240 g/mol. The van der Waals surface area contributed by atoms with Gasteiger partial charge in [-0.25, -0.2) is 0 Å². The Bertz CT molecular complexity index is 348. The maximum absolute atomic E-state index is 6.07. The van der Waals surface area contributed by atoms with Crippen LogP contribution in [0.4, 0.5) is 5.69 Å². The zero-order valence-corrected chi connectivity index (χ0v) is 10.4. The van der Waals surface area contributed by atoms with Gasteiger partial charge in [0, 0.05) is 23.9 Å². The molecular formula is C13H18ClNO. The van der Waals surface area contributed by atoms with Gasteiger partial charge in [-0.2, -0.15) is 0 Å². The summed E-state index contributed by atoms with van der Waals surface area (Å²) in [4.78, 5) is 0. The van der Waals surface area contributed by atoms with Crippen molar-refractivity contribution < 1.29 is 4.74 Å². The Hall–Kier alpha value is -0.730. The van der Waals surface area contributed by atoms with Gasteiger partial charge in [-0.3, -0.25) is 0 Å². The summed E-state index contributed by atoms with van der Waals surface area (Å²) in [6.07, 6.45) is 2.44. The van der Waals surface area contributed by atoms with Crippen LogP contribution in [0.25, 0.3) is 0 Å². The Kier molecular flexibility index (Phi) is 4.08. The van der Waals surface area contributed by atoms with Crippen molar-refractivity contribution >= 4 is 17.3 Å². The highest BCUT2D eigenvalue weighted by molar-refractivity contribution is 6.31. The fraction of sp³-hybridized carbons (Fsp3) is 0.538. The van der Waals surface area contributed by atoms with E-state index in [2.05, 4.69) is 11.4 Å². The van der Waals surface area contributed by atoms with Gasteiger partial charge in [0.2, 0.25) is 0 Å². The predicted octanol–water partition coefficient (Wildman–Crippen LogP) is 3.49. The maximum atomic E-state index is 6.07. The zero-order valence-electron chi connectivity index (χ0n) is 9.63. The van der Waals surface area contributed by atoms with E-state index in [9.17, 15) is 0 Å². The van der Waals surface area contributed by atoms with E-state index in [0.29, 0.717) is 5.92 Å². The molecule has 0 aromatic heterocycles. The van der Waals surface area contributed by atoms with E-state index in [0.717, 1.165) is 36.0 Å². The Morgan fingerprint density at radius 2 is 2.38 bits per heavy atom. The molecule has 1 atom stereocenters. The minimum atomic E-state index is 0.633. The van der Waals surface area contributed by atoms with E-state index >= 15 is 0 Å². The van der Waals surface area contributed by atoms with Crippen LogP contribution in [-0.4, -0.2) is 19.8 Å². The second kappa shape index (κ2) is 5.55. The summed E-state index contributed by atoms with van der Waals surface area (Å²) in [5.41, 5.74) is 2.22. The molecule has 1 aromatic carbocycles. The van der Waals surface area contributed by atoms with Gasteiger partial charge in [0.25, 0.3) is 0 Å². The van der Waals surface area contributed by atoms with Gasteiger partial charge >= 0.3 is 0 Å². The summed E-state index contributed by atoms with van der Waals surface area (Å²) in [6.45, 7) is 4.79. The first kappa shape index (κ1) is 11.7. The largest absolute Gasteiger partial charge is 0.385 e. The van der Waals surface area contributed by atoms with E-state index < -0.39 is 0 Å². The minimum absolute atomic E-state index is 0.633. The molecule has 1 aromatic rings. The lowest BCUT2D eigenvalue weighted by atomic mass is 10.0. The monoisotopic (exact) mass is 239 g/mol. The molecule has 2 nitrogen and oxygen atoms in total. The number of hydrogen-bond donors (Lipinski definition) is 1. The second-order valence-electron chi connectivity index (χ2n) is 4.43. The molecule has 1 aliphatic rings. The minimum Gasteiger partial charge on any atom is -0.385 e. The third kappa shape index (κ3) is 3.13. The molecule has 1 N–H and O–H groups in total. The third-order valence-electron chi connectivity index (χ3n) is 3.02. The van der Waals surface area contributed by atoms with Crippen LogP contribution in [0.3, 0.4) is 0 Å². The van der Waals surface area contributed by atoms with Crippen LogP contribution in [-0.2, 0) is 4.74 Å². The van der Waals surface area contributed by atoms with E-state index in [4.69, 9.17) is 16.3 Å². The standard InChI is InChI=1S/C13H18ClNO/c1-10-4-5-12(7-13(10)14)15-8-11-3-2-6-16-9-11/h4-5,7,11,15H,2-3,6,8-9H2,1H3. The number of ether oxygens (including phenoxy) is 1. The lowest BCUT2D eigenvalue weighted by Gasteiger charge is -2.22. The SMILES string of the molecule is Cc1ccc(NCC2CCCOC2)cc1Cl. The van der Waals surface area contributed by atoms with Crippen molar-refractivity contribution in [2.45, 2.75) is 19.8 Å². The number of halogens is 1. The lowest BCUT2D eigenvalue weighted by Crippen LogP contribution is -2.24. The molecule has 0 bridgehead atoms. The summed E-state index contributed by atoms with van der Waals surface area (Å²) >= 11 is 6.07. The highest BCUT2D eigenvalue weighted by atomic mass is 35.5. The van der Waals surface area contributed by atoms with Crippen LogP contribution in [0.15, 0.2) is 18.2 Å². The first-order chi connectivity index (χ1) is 7.75. The predicted molar refractivity (Wildman–Crippen MR) is 68.2 cm³/mol. The van der Waals surface area contributed by atoms with E-state index in [1.807, 2.05) is 19.1 Å². The lowest BCUT2D eigenvalue weighted by molar-refractivity contribution is 0.0595. The van der Waals surface area contributed by atoms with Crippen molar-refractivity contribution in [2.24, 2.45) is 5.92 Å². The van der Waals surface area contributed by atoms with Gasteiger partial charge in [-0.05, 0) is 43.4 Å². The van der Waals surface area contributed by atoms with Crippen molar-refractivity contribution in [3.63, 3.8) is 0 Å². The number of aryl methyl sites for hydroxylation is 1. The van der Waals surface area contributed by atoms with Gasteiger partial charge < -0.3 is 10.1 Å². The summed E-state index contributed by atoms with van der Waals surface area (Å²) in [5, 5.41) is 4.24. The molecule has 88 valence electrons. The molecule has 0 aliphatic carbocycles. The quantitative estimate of drug-likeness (QED) is 0.872. The van der Waals surface area contributed by atoms with Crippen LogP contribution in [0.5, 0.6) is 0 Å². The summed E-state index contributed by atoms with van der Waals surface area (Å²) in [5.74, 6) is 0.633.